The largest absolute Gasteiger partial charge is 0.370 e. The Morgan fingerprint density at radius 2 is 2.04 bits per heavy atom. The van der Waals surface area contributed by atoms with E-state index < -0.39 is 0 Å². The molecule has 1 aliphatic rings. The van der Waals surface area contributed by atoms with Crippen molar-refractivity contribution < 1.29 is 4.52 Å². The molecule has 2 aromatic rings. The second-order valence-electron chi connectivity index (χ2n) is 5.86. The molecular weight excluding hydrogens is 403 g/mol. The highest BCUT2D eigenvalue weighted by Crippen LogP contribution is 2.24. The molecule has 5 nitrogen and oxygen atoms in total. The molecule has 3 rings (SSSR count). The number of nitrogens with zero attached hydrogens (tertiary/aromatic N) is 2. The van der Waals surface area contributed by atoms with E-state index >= 15 is 0 Å². The number of hydrogen-bond acceptors (Lipinski definition) is 3. The van der Waals surface area contributed by atoms with Crippen molar-refractivity contribution in [2.45, 2.75) is 46.1 Å². The van der Waals surface area contributed by atoms with E-state index in [9.17, 15) is 0 Å². The van der Waals surface area contributed by atoms with Gasteiger partial charge in [0, 0.05) is 17.7 Å². The maximum atomic E-state index is 5.97. The Kier molecular flexibility index (Phi) is 6.04. The number of rotatable bonds is 3. The van der Waals surface area contributed by atoms with Crippen LogP contribution in [0.5, 0.6) is 0 Å². The highest BCUT2D eigenvalue weighted by Gasteiger charge is 2.18. The number of hydrogen-bond donors (Lipinski definition) is 2. The molecular formula is C17H23IN4O. The lowest BCUT2D eigenvalue weighted by Crippen LogP contribution is -2.22. The number of aryl methyl sites for hydroxylation is 3. The lowest BCUT2D eigenvalue weighted by atomic mass is 9.96. The van der Waals surface area contributed by atoms with Gasteiger partial charge in [-0.25, -0.2) is 4.99 Å². The molecule has 23 heavy (non-hydrogen) atoms. The molecule has 0 saturated carbocycles. The Morgan fingerprint density at radius 3 is 2.83 bits per heavy atom. The number of aromatic nitrogens is 1. The fraction of sp³-hybridized carbons (Fsp3) is 0.412. The van der Waals surface area contributed by atoms with Gasteiger partial charge in [-0.2, -0.15) is 0 Å². The van der Waals surface area contributed by atoms with Gasteiger partial charge in [0.15, 0.2) is 5.96 Å². The standard InChI is InChI=1S/C17H22N4O.HI/c1-11-7-8-13(9-12(11)2)20-17(18)19-10-15-14-5-3-4-6-16(14)22-21-15;/h7-9H,3-6,10H2,1-2H3,(H3,18,19,20);1H. The highest BCUT2D eigenvalue weighted by atomic mass is 127. The predicted molar refractivity (Wildman–Crippen MR) is 103 cm³/mol. The molecule has 0 atom stereocenters. The van der Waals surface area contributed by atoms with Crippen LogP contribution in [0.2, 0.25) is 0 Å². The number of anilines is 1. The van der Waals surface area contributed by atoms with Gasteiger partial charge in [0.05, 0.1) is 6.54 Å². The minimum Gasteiger partial charge on any atom is -0.370 e. The molecule has 0 spiro atoms. The molecule has 0 bridgehead atoms. The molecule has 0 unspecified atom stereocenters. The molecule has 6 heteroatoms. The van der Waals surface area contributed by atoms with Crippen LogP contribution in [0.4, 0.5) is 5.69 Å². The quantitative estimate of drug-likeness (QED) is 0.446. The Balaban J connectivity index is 0.00000192. The molecule has 0 amide bonds. The first-order valence-electron chi connectivity index (χ1n) is 7.74. The van der Waals surface area contributed by atoms with E-state index in [1.807, 2.05) is 6.07 Å². The third-order valence-electron chi connectivity index (χ3n) is 4.21. The summed E-state index contributed by atoms with van der Waals surface area (Å²) in [4.78, 5) is 4.38. The molecule has 3 N–H and O–H groups in total. The second kappa shape index (κ2) is 7.81. The normalized spacial score (nSPS) is 14.1. The summed E-state index contributed by atoms with van der Waals surface area (Å²) in [5, 5.41) is 7.26. The smallest absolute Gasteiger partial charge is 0.193 e. The van der Waals surface area contributed by atoms with Crippen molar-refractivity contribution in [3.05, 3.63) is 46.3 Å². The molecule has 0 radical (unpaired) electrons. The van der Waals surface area contributed by atoms with E-state index in [1.54, 1.807) is 0 Å². The monoisotopic (exact) mass is 426 g/mol. The van der Waals surface area contributed by atoms with Crippen LogP contribution in [0, 0.1) is 13.8 Å². The molecule has 1 aromatic carbocycles. The number of aliphatic imine (C=N–C) groups is 1. The molecule has 1 aliphatic carbocycles. The Labute approximate surface area is 153 Å². The average Bonchev–Trinajstić information content (AvgIpc) is 2.92. The summed E-state index contributed by atoms with van der Waals surface area (Å²) >= 11 is 0. The lowest BCUT2D eigenvalue weighted by Gasteiger charge is -2.09. The van der Waals surface area contributed by atoms with Crippen molar-refractivity contribution in [2.75, 3.05) is 5.32 Å². The van der Waals surface area contributed by atoms with Gasteiger partial charge in [-0.15, -0.1) is 24.0 Å². The summed E-state index contributed by atoms with van der Waals surface area (Å²) in [6, 6.07) is 6.14. The van der Waals surface area contributed by atoms with Gasteiger partial charge in [-0.3, -0.25) is 0 Å². The maximum absolute atomic E-state index is 5.97. The van der Waals surface area contributed by atoms with Crippen molar-refractivity contribution in [2.24, 2.45) is 10.7 Å². The maximum Gasteiger partial charge on any atom is 0.193 e. The zero-order valence-corrected chi connectivity index (χ0v) is 15.9. The van der Waals surface area contributed by atoms with E-state index in [4.69, 9.17) is 10.3 Å². The minimum absolute atomic E-state index is 0. The summed E-state index contributed by atoms with van der Waals surface area (Å²) < 4.78 is 5.39. The highest BCUT2D eigenvalue weighted by molar-refractivity contribution is 14.0. The third-order valence-corrected chi connectivity index (χ3v) is 4.21. The topological polar surface area (TPSA) is 76.4 Å². The number of guanidine groups is 1. The van der Waals surface area contributed by atoms with Gasteiger partial charge in [0.2, 0.25) is 0 Å². The van der Waals surface area contributed by atoms with Crippen molar-refractivity contribution in [3.63, 3.8) is 0 Å². The zero-order chi connectivity index (χ0) is 15.5. The van der Waals surface area contributed by atoms with E-state index in [2.05, 4.69) is 41.4 Å². The summed E-state index contributed by atoms with van der Waals surface area (Å²) in [5.41, 5.74) is 11.5. The van der Waals surface area contributed by atoms with Gasteiger partial charge >= 0.3 is 0 Å². The molecule has 0 saturated heterocycles. The minimum atomic E-state index is 0. The molecule has 1 heterocycles. The van der Waals surface area contributed by atoms with Crippen LogP contribution in [-0.2, 0) is 19.4 Å². The van der Waals surface area contributed by atoms with E-state index in [-0.39, 0.29) is 24.0 Å². The van der Waals surface area contributed by atoms with Crippen LogP contribution >= 0.6 is 24.0 Å². The summed E-state index contributed by atoms with van der Waals surface area (Å²) in [5.74, 6) is 1.42. The summed E-state index contributed by atoms with van der Waals surface area (Å²) in [6.07, 6.45) is 4.40. The fourth-order valence-corrected chi connectivity index (χ4v) is 2.74. The SMILES string of the molecule is Cc1ccc(NC(N)=NCc2noc3c2CCCC3)cc1C.I. The number of benzene rings is 1. The Hall–Kier alpha value is -1.57. The van der Waals surface area contributed by atoms with E-state index in [1.165, 1.54) is 29.5 Å². The number of nitrogens with two attached hydrogens (primary N) is 1. The molecule has 0 fully saturated rings. The van der Waals surface area contributed by atoms with Crippen molar-refractivity contribution in [1.29, 1.82) is 0 Å². The summed E-state index contributed by atoms with van der Waals surface area (Å²) in [7, 11) is 0. The van der Waals surface area contributed by atoms with Gasteiger partial charge in [0.1, 0.15) is 11.5 Å². The summed E-state index contributed by atoms with van der Waals surface area (Å²) in [6.45, 7) is 4.63. The van der Waals surface area contributed by atoms with Crippen molar-refractivity contribution >= 4 is 35.6 Å². The Bertz CT molecular complexity index is 709. The molecule has 1 aromatic heterocycles. The number of halogens is 1. The van der Waals surface area contributed by atoms with E-state index in [0.717, 1.165) is 30.0 Å². The average molecular weight is 426 g/mol. The third kappa shape index (κ3) is 4.25. The fourth-order valence-electron chi connectivity index (χ4n) is 2.74. The van der Waals surface area contributed by atoms with Crippen molar-refractivity contribution in [1.82, 2.24) is 5.16 Å². The van der Waals surface area contributed by atoms with Crippen molar-refractivity contribution in [3.8, 4) is 0 Å². The van der Waals surface area contributed by atoms with Crippen LogP contribution in [0.25, 0.3) is 0 Å². The van der Waals surface area contributed by atoms with Crippen LogP contribution < -0.4 is 11.1 Å². The molecule has 124 valence electrons. The first-order chi connectivity index (χ1) is 10.6. The number of nitrogens with one attached hydrogen (secondary N) is 1. The predicted octanol–water partition coefficient (Wildman–Crippen LogP) is 3.72. The first kappa shape index (κ1) is 17.8. The van der Waals surface area contributed by atoms with Crippen LogP contribution in [0.3, 0.4) is 0 Å². The van der Waals surface area contributed by atoms with Crippen LogP contribution in [-0.4, -0.2) is 11.1 Å². The molecule has 0 aliphatic heterocycles. The second-order valence-corrected chi connectivity index (χ2v) is 5.86. The van der Waals surface area contributed by atoms with Crippen LogP contribution in [0.1, 0.15) is 41.0 Å². The zero-order valence-electron chi connectivity index (χ0n) is 13.6. The lowest BCUT2D eigenvalue weighted by molar-refractivity contribution is 0.368. The Morgan fingerprint density at radius 1 is 1.26 bits per heavy atom. The van der Waals surface area contributed by atoms with Gasteiger partial charge in [-0.05, 0) is 56.4 Å². The van der Waals surface area contributed by atoms with E-state index in [0.29, 0.717) is 12.5 Å². The van der Waals surface area contributed by atoms with Crippen LogP contribution in [0.15, 0.2) is 27.7 Å². The van der Waals surface area contributed by atoms with Gasteiger partial charge in [0.25, 0.3) is 0 Å². The van der Waals surface area contributed by atoms with Gasteiger partial charge < -0.3 is 15.6 Å². The van der Waals surface area contributed by atoms with Gasteiger partial charge in [-0.1, -0.05) is 11.2 Å². The number of fused-ring (bicyclic) bond motifs is 1. The first-order valence-corrected chi connectivity index (χ1v) is 7.74.